The van der Waals surface area contributed by atoms with Gasteiger partial charge >= 0.3 is 0 Å². The topological polar surface area (TPSA) is 35.5 Å². The molecule has 0 heterocycles. The van der Waals surface area contributed by atoms with Gasteiger partial charge in [0, 0.05) is 17.2 Å². The second-order valence-electron chi connectivity index (χ2n) is 3.83. The highest BCUT2D eigenvalue weighted by molar-refractivity contribution is 6.36. The van der Waals surface area contributed by atoms with Gasteiger partial charge in [-0.05, 0) is 32.0 Å². The maximum Gasteiger partial charge on any atom is 0.189 e. The highest BCUT2D eigenvalue weighted by Crippen LogP contribution is 2.21. The van der Waals surface area contributed by atoms with Crippen LogP contribution in [0.15, 0.2) is 18.2 Å². The van der Waals surface area contributed by atoms with Gasteiger partial charge in [-0.3, -0.25) is 4.79 Å². The van der Waals surface area contributed by atoms with E-state index in [4.69, 9.17) is 32.7 Å². The number of ether oxygens (including phenoxy) is 2. The highest BCUT2D eigenvalue weighted by Gasteiger charge is 2.12. The zero-order valence-corrected chi connectivity index (χ0v) is 11.9. The standard InChI is InChI=1S/C13H16Cl2O3/c1-3-17-7-9(2)18-8-13(16)11-5-4-10(14)6-12(11)15/h4-6,9H,3,7-8H2,1-2H3. The molecule has 0 saturated heterocycles. The first-order chi connectivity index (χ1) is 8.54. The summed E-state index contributed by atoms with van der Waals surface area (Å²) in [6.45, 7) is 4.84. The maximum absolute atomic E-state index is 11.9. The van der Waals surface area contributed by atoms with Crippen molar-refractivity contribution in [3.63, 3.8) is 0 Å². The van der Waals surface area contributed by atoms with Crippen LogP contribution in [0.2, 0.25) is 10.0 Å². The van der Waals surface area contributed by atoms with Crippen LogP contribution in [0.25, 0.3) is 0 Å². The third-order valence-corrected chi connectivity index (χ3v) is 2.83. The van der Waals surface area contributed by atoms with Gasteiger partial charge in [0.05, 0.1) is 17.7 Å². The van der Waals surface area contributed by atoms with Crippen molar-refractivity contribution >= 4 is 29.0 Å². The van der Waals surface area contributed by atoms with Crippen molar-refractivity contribution in [2.24, 2.45) is 0 Å². The molecular formula is C13H16Cl2O3. The fourth-order valence-electron chi connectivity index (χ4n) is 1.34. The van der Waals surface area contributed by atoms with Crippen molar-refractivity contribution in [3.05, 3.63) is 33.8 Å². The lowest BCUT2D eigenvalue weighted by Crippen LogP contribution is -2.20. The Morgan fingerprint density at radius 2 is 2.11 bits per heavy atom. The van der Waals surface area contributed by atoms with E-state index in [1.165, 1.54) is 0 Å². The van der Waals surface area contributed by atoms with Gasteiger partial charge < -0.3 is 9.47 Å². The smallest absolute Gasteiger partial charge is 0.189 e. The second kappa shape index (κ2) is 7.74. The summed E-state index contributed by atoms with van der Waals surface area (Å²) in [6, 6.07) is 4.77. The minimum absolute atomic E-state index is 0.0183. The molecule has 1 atom stereocenters. The van der Waals surface area contributed by atoms with Crippen LogP contribution in [0.3, 0.4) is 0 Å². The summed E-state index contributed by atoms with van der Waals surface area (Å²) in [5.41, 5.74) is 0.421. The summed E-state index contributed by atoms with van der Waals surface area (Å²) < 4.78 is 10.6. The number of hydrogen-bond donors (Lipinski definition) is 0. The van der Waals surface area contributed by atoms with Gasteiger partial charge in [-0.2, -0.15) is 0 Å². The molecule has 0 aromatic heterocycles. The van der Waals surface area contributed by atoms with Crippen LogP contribution in [-0.4, -0.2) is 31.7 Å². The van der Waals surface area contributed by atoms with E-state index in [0.717, 1.165) is 0 Å². The Labute approximate surface area is 117 Å². The molecule has 0 amide bonds. The van der Waals surface area contributed by atoms with Crippen molar-refractivity contribution in [2.45, 2.75) is 20.0 Å². The quantitative estimate of drug-likeness (QED) is 0.720. The normalized spacial score (nSPS) is 12.4. The van der Waals surface area contributed by atoms with Crippen LogP contribution in [0.5, 0.6) is 0 Å². The van der Waals surface area contributed by atoms with Gasteiger partial charge in [-0.25, -0.2) is 0 Å². The molecule has 0 N–H and O–H groups in total. The summed E-state index contributed by atoms with van der Waals surface area (Å²) in [4.78, 5) is 11.9. The number of benzene rings is 1. The average Bonchev–Trinajstić information content (AvgIpc) is 2.33. The van der Waals surface area contributed by atoms with Crippen LogP contribution >= 0.6 is 23.2 Å². The van der Waals surface area contributed by atoms with Crippen LogP contribution in [0, 0.1) is 0 Å². The molecule has 0 radical (unpaired) electrons. The van der Waals surface area contributed by atoms with E-state index in [-0.39, 0.29) is 18.5 Å². The molecule has 0 spiro atoms. The third-order valence-electron chi connectivity index (χ3n) is 2.29. The Hall–Kier alpha value is -0.610. The molecule has 1 rings (SSSR count). The van der Waals surface area contributed by atoms with Crippen molar-refractivity contribution in [1.82, 2.24) is 0 Å². The first-order valence-electron chi connectivity index (χ1n) is 5.72. The molecule has 1 unspecified atom stereocenters. The van der Waals surface area contributed by atoms with Gasteiger partial charge in [-0.15, -0.1) is 0 Å². The van der Waals surface area contributed by atoms with E-state index >= 15 is 0 Å². The third kappa shape index (κ3) is 4.94. The molecule has 3 nitrogen and oxygen atoms in total. The molecule has 0 saturated carbocycles. The van der Waals surface area contributed by atoms with Crippen molar-refractivity contribution in [2.75, 3.05) is 19.8 Å². The molecule has 1 aromatic carbocycles. The van der Waals surface area contributed by atoms with E-state index in [9.17, 15) is 4.79 Å². The van der Waals surface area contributed by atoms with E-state index in [1.54, 1.807) is 18.2 Å². The van der Waals surface area contributed by atoms with Gasteiger partial charge in [0.2, 0.25) is 0 Å². The van der Waals surface area contributed by atoms with E-state index in [1.807, 2.05) is 13.8 Å². The van der Waals surface area contributed by atoms with Crippen LogP contribution in [0.1, 0.15) is 24.2 Å². The predicted octanol–water partition coefficient (Wildman–Crippen LogP) is 3.62. The zero-order valence-electron chi connectivity index (χ0n) is 10.4. The Kier molecular flexibility index (Phi) is 6.65. The number of Topliss-reactive ketones (excluding diaryl/α,β-unsaturated/α-hetero) is 1. The summed E-state index contributed by atoms with van der Waals surface area (Å²) in [7, 11) is 0. The summed E-state index contributed by atoms with van der Waals surface area (Å²) in [5.74, 6) is -0.167. The molecule has 0 fully saturated rings. The molecule has 18 heavy (non-hydrogen) atoms. The largest absolute Gasteiger partial charge is 0.379 e. The molecule has 5 heteroatoms. The Morgan fingerprint density at radius 3 is 2.72 bits per heavy atom. The number of ketones is 1. The SMILES string of the molecule is CCOCC(C)OCC(=O)c1ccc(Cl)cc1Cl. The summed E-state index contributed by atoms with van der Waals surface area (Å²) in [5, 5.41) is 0.843. The second-order valence-corrected chi connectivity index (χ2v) is 4.67. The van der Waals surface area contributed by atoms with Crippen LogP contribution < -0.4 is 0 Å². The van der Waals surface area contributed by atoms with Gasteiger partial charge in [-0.1, -0.05) is 23.2 Å². The first kappa shape index (κ1) is 15.4. The zero-order chi connectivity index (χ0) is 13.5. The molecule has 0 aliphatic carbocycles. The maximum atomic E-state index is 11.9. The lowest BCUT2D eigenvalue weighted by molar-refractivity contribution is 0.00116. The first-order valence-corrected chi connectivity index (χ1v) is 6.47. The number of hydrogen-bond acceptors (Lipinski definition) is 3. The summed E-state index contributed by atoms with van der Waals surface area (Å²) >= 11 is 11.7. The lowest BCUT2D eigenvalue weighted by Gasteiger charge is -2.12. The van der Waals surface area contributed by atoms with Gasteiger partial charge in [0.15, 0.2) is 5.78 Å². The fourth-order valence-corrected chi connectivity index (χ4v) is 1.86. The number of rotatable bonds is 7. The number of halogens is 2. The Bertz CT molecular complexity index is 407. The van der Waals surface area contributed by atoms with Crippen molar-refractivity contribution in [1.29, 1.82) is 0 Å². The highest BCUT2D eigenvalue weighted by atomic mass is 35.5. The van der Waals surface area contributed by atoms with Gasteiger partial charge in [0.25, 0.3) is 0 Å². The molecule has 100 valence electrons. The molecular weight excluding hydrogens is 275 g/mol. The Balaban J connectivity index is 2.50. The van der Waals surface area contributed by atoms with Crippen molar-refractivity contribution in [3.8, 4) is 0 Å². The molecule has 0 aliphatic rings. The van der Waals surface area contributed by atoms with E-state index in [2.05, 4.69) is 0 Å². The van der Waals surface area contributed by atoms with Gasteiger partial charge in [0.1, 0.15) is 6.61 Å². The Morgan fingerprint density at radius 1 is 1.39 bits per heavy atom. The minimum Gasteiger partial charge on any atom is -0.379 e. The number of carbonyl (C=O) groups is 1. The van der Waals surface area contributed by atoms with E-state index in [0.29, 0.717) is 28.8 Å². The molecule has 1 aromatic rings. The van der Waals surface area contributed by atoms with Crippen molar-refractivity contribution < 1.29 is 14.3 Å². The average molecular weight is 291 g/mol. The minimum atomic E-state index is -0.167. The molecule has 0 bridgehead atoms. The van der Waals surface area contributed by atoms with Crippen LogP contribution in [-0.2, 0) is 9.47 Å². The molecule has 0 aliphatic heterocycles. The summed E-state index contributed by atoms with van der Waals surface area (Å²) in [6.07, 6.45) is -0.125. The predicted molar refractivity (Wildman–Crippen MR) is 72.7 cm³/mol. The lowest BCUT2D eigenvalue weighted by atomic mass is 10.1. The van der Waals surface area contributed by atoms with Crippen LogP contribution in [0.4, 0.5) is 0 Å². The number of carbonyl (C=O) groups excluding carboxylic acids is 1. The fraction of sp³-hybridized carbons (Fsp3) is 0.462. The monoisotopic (exact) mass is 290 g/mol. The van der Waals surface area contributed by atoms with E-state index < -0.39 is 0 Å².